The first-order valence-electron chi connectivity index (χ1n) is 5.79. The van der Waals surface area contributed by atoms with Gasteiger partial charge in [-0.2, -0.15) is 0 Å². The van der Waals surface area contributed by atoms with Crippen molar-refractivity contribution in [2.45, 2.75) is 25.7 Å². The van der Waals surface area contributed by atoms with Gasteiger partial charge in [-0.05, 0) is 56.0 Å². The molecule has 0 spiro atoms. The molecule has 1 aliphatic carbocycles. The zero-order chi connectivity index (χ0) is 11.5. The molecule has 2 nitrogen and oxygen atoms in total. The Hall–Kier alpha value is -0.730. The molecule has 0 atom stereocenters. The van der Waals surface area contributed by atoms with Crippen molar-refractivity contribution >= 4 is 11.6 Å². The Bertz CT molecular complexity index is 390. The molecular formula is C13H18ClNO. The van der Waals surface area contributed by atoms with Gasteiger partial charge in [0, 0.05) is 0 Å². The Morgan fingerprint density at radius 3 is 2.94 bits per heavy atom. The van der Waals surface area contributed by atoms with Crippen LogP contribution in [0.4, 0.5) is 0 Å². The first-order valence-corrected chi connectivity index (χ1v) is 6.17. The number of hydrogen-bond donors (Lipinski definition) is 1. The largest absolute Gasteiger partial charge is 0.495 e. The minimum Gasteiger partial charge on any atom is -0.495 e. The van der Waals surface area contributed by atoms with Crippen molar-refractivity contribution in [3.63, 3.8) is 0 Å². The Morgan fingerprint density at radius 1 is 1.44 bits per heavy atom. The molecule has 1 N–H and O–H groups in total. The summed E-state index contributed by atoms with van der Waals surface area (Å²) >= 11 is 6.39. The average molecular weight is 240 g/mol. The standard InChI is InChI=1S/C13H18ClNO/c1-15-7-6-10-8-9-4-3-5-11(9)12(14)13(10)16-2/h8,15H,3-7H2,1-2H3. The summed E-state index contributed by atoms with van der Waals surface area (Å²) in [4.78, 5) is 0. The van der Waals surface area contributed by atoms with Crippen molar-refractivity contribution < 1.29 is 4.74 Å². The van der Waals surface area contributed by atoms with E-state index in [0.717, 1.165) is 36.6 Å². The average Bonchev–Trinajstić information content (AvgIpc) is 2.75. The van der Waals surface area contributed by atoms with Gasteiger partial charge in [0.05, 0.1) is 12.1 Å². The van der Waals surface area contributed by atoms with Crippen LogP contribution < -0.4 is 10.1 Å². The molecule has 1 aliphatic rings. The van der Waals surface area contributed by atoms with Gasteiger partial charge in [-0.1, -0.05) is 17.7 Å². The molecule has 3 heteroatoms. The zero-order valence-electron chi connectivity index (χ0n) is 9.90. The van der Waals surface area contributed by atoms with Gasteiger partial charge in [-0.15, -0.1) is 0 Å². The maximum absolute atomic E-state index is 6.39. The summed E-state index contributed by atoms with van der Waals surface area (Å²) in [7, 11) is 3.66. The molecule has 0 saturated heterocycles. The number of benzene rings is 1. The second-order valence-electron chi connectivity index (χ2n) is 4.23. The van der Waals surface area contributed by atoms with Crippen LogP contribution in [0.3, 0.4) is 0 Å². The normalized spacial score (nSPS) is 13.9. The number of nitrogens with one attached hydrogen (secondary N) is 1. The summed E-state index contributed by atoms with van der Waals surface area (Å²) in [5.74, 6) is 0.873. The molecule has 0 amide bonds. The Kier molecular flexibility index (Phi) is 3.72. The monoisotopic (exact) mass is 239 g/mol. The Labute approximate surface area is 102 Å². The van der Waals surface area contributed by atoms with Crippen LogP contribution in [-0.4, -0.2) is 20.7 Å². The number of rotatable bonds is 4. The molecule has 88 valence electrons. The lowest BCUT2D eigenvalue weighted by molar-refractivity contribution is 0.409. The van der Waals surface area contributed by atoms with E-state index in [0.29, 0.717) is 0 Å². The third-order valence-electron chi connectivity index (χ3n) is 3.21. The molecule has 16 heavy (non-hydrogen) atoms. The highest BCUT2D eigenvalue weighted by molar-refractivity contribution is 6.33. The van der Waals surface area contributed by atoms with E-state index in [-0.39, 0.29) is 0 Å². The third-order valence-corrected chi connectivity index (χ3v) is 3.61. The summed E-state index contributed by atoms with van der Waals surface area (Å²) < 4.78 is 5.44. The fourth-order valence-corrected chi connectivity index (χ4v) is 2.81. The lowest BCUT2D eigenvalue weighted by atomic mass is 10.0. The van der Waals surface area contributed by atoms with Crippen LogP contribution in [0.2, 0.25) is 5.02 Å². The van der Waals surface area contributed by atoms with Crippen LogP contribution >= 0.6 is 11.6 Å². The van der Waals surface area contributed by atoms with E-state index in [4.69, 9.17) is 16.3 Å². The molecule has 0 heterocycles. The number of halogens is 1. The Balaban J connectivity index is 2.39. The highest BCUT2D eigenvalue weighted by Crippen LogP contribution is 2.38. The number of likely N-dealkylation sites (N-methyl/N-ethyl adjacent to an activating group) is 1. The van der Waals surface area contributed by atoms with Crippen molar-refractivity contribution in [3.8, 4) is 5.75 Å². The van der Waals surface area contributed by atoms with Gasteiger partial charge in [-0.3, -0.25) is 0 Å². The number of aryl methyl sites for hydroxylation is 1. The molecule has 1 aromatic carbocycles. The molecule has 0 fully saturated rings. The maximum atomic E-state index is 6.39. The summed E-state index contributed by atoms with van der Waals surface area (Å²) in [6, 6.07) is 2.27. The van der Waals surface area contributed by atoms with Crippen LogP contribution in [0, 0.1) is 0 Å². The SMILES string of the molecule is CNCCc1cc2c(c(Cl)c1OC)CCC2. The van der Waals surface area contributed by atoms with Crippen LogP contribution in [0.25, 0.3) is 0 Å². The summed E-state index contributed by atoms with van der Waals surface area (Å²) in [6.45, 7) is 0.950. The molecule has 2 rings (SSSR count). The molecule has 0 aliphatic heterocycles. The van der Waals surface area contributed by atoms with Crippen molar-refractivity contribution in [1.29, 1.82) is 0 Å². The summed E-state index contributed by atoms with van der Waals surface area (Å²) in [5, 5.41) is 3.99. The summed E-state index contributed by atoms with van der Waals surface area (Å²) in [5.41, 5.74) is 3.94. The zero-order valence-corrected chi connectivity index (χ0v) is 10.7. The topological polar surface area (TPSA) is 21.3 Å². The highest BCUT2D eigenvalue weighted by atomic mass is 35.5. The van der Waals surface area contributed by atoms with Crippen LogP contribution in [0.5, 0.6) is 5.75 Å². The molecule has 0 aromatic heterocycles. The third kappa shape index (κ3) is 2.04. The van der Waals surface area contributed by atoms with Gasteiger partial charge < -0.3 is 10.1 Å². The molecule has 1 aromatic rings. The second-order valence-corrected chi connectivity index (χ2v) is 4.61. The fraction of sp³-hybridized carbons (Fsp3) is 0.538. The first-order chi connectivity index (χ1) is 7.77. The van der Waals surface area contributed by atoms with Gasteiger partial charge in [-0.25, -0.2) is 0 Å². The molecule has 0 radical (unpaired) electrons. The van der Waals surface area contributed by atoms with Crippen molar-refractivity contribution in [1.82, 2.24) is 5.32 Å². The van der Waals surface area contributed by atoms with E-state index < -0.39 is 0 Å². The molecule has 0 unspecified atom stereocenters. The van der Waals surface area contributed by atoms with E-state index in [2.05, 4.69) is 11.4 Å². The van der Waals surface area contributed by atoms with Gasteiger partial charge in [0.2, 0.25) is 0 Å². The van der Waals surface area contributed by atoms with Gasteiger partial charge in [0.25, 0.3) is 0 Å². The number of hydrogen-bond acceptors (Lipinski definition) is 2. The lowest BCUT2D eigenvalue weighted by Crippen LogP contribution is -2.11. The van der Waals surface area contributed by atoms with Gasteiger partial charge in [0.1, 0.15) is 5.75 Å². The molecule has 0 bridgehead atoms. The number of methoxy groups -OCH3 is 1. The van der Waals surface area contributed by atoms with Crippen molar-refractivity contribution in [2.24, 2.45) is 0 Å². The minimum absolute atomic E-state index is 0.837. The fourth-order valence-electron chi connectivity index (χ4n) is 2.40. The van der Waals surface area contributed by atoms with E-state index in [1.165, 1.54) is 23.1 Å². The number of ether oxygens (including phenoxy) is 1. The van der Waals surface area contributed by atoms with Crippen molar-refractivity contribution in [3.05, 3.63) is 27.8 Å². The van der Waals surface area contributed by atoms with Crippen molar-refractivity contribution in [2.75, 3.05) is 20.7 Å². The van der Waals surface area contributed by atoms with Crippen LogP contribution in [-0.2, 0) is 19.3 Å². The predicted molar refractivity (Wildman–Crippen MR) is 67.7 cm³/mol. The highest BCUT2D eigenvalue weighted by Gasteiger charge is 2.20. The maximum Gasteiger partial charge on any atom is 0.140 e. The van der Waals surface area contributed by atoms with E-state index in [1.807, 2.05) is 7.05 Å². The van der Waals surface area contributed by atoms with Crippen LogP contribution in [0.15, 0.2) is 6.07 Å². The van der Waals surface area contributed by atoms with E-state index >= 15 is 0 Å². The molecule has 0 saturated carbocycles. The lowest BCUT2D eigenvalue weighted by Gasteiger charge is -2.14. The summed E-state index contributed by atoms with van der Waals surface area (Å²) in [6.07, 6.45) is 4.43. The molecular weight excluding hydrogens is 222 g/mol. The van der Waals surface area contributed by atoms with Crippen LogP contribution in [0.1, 0.15) is 23.1 Å². The van der Waals surface area contributed by atoms with Gasteiger partial charge >= 0.3 is 0 Å². The van der Waals surface area contributed by atoms with Gasteiger partial charge in [0.15, 0.2) is 0 Å². The van der Waals surface area contributed by atoms with E-state index in [9.17, 15) is 0 Å². The predicted octanol–water partition coefficient (Wildman–Crippen LogP) is 2.60. The quantitative estimate of drug-likeness (QED) is 0.872. The van der Waals surface area contributed by atoms with E-state index in [1.54, 1.807) is 7.11 Å². The minimum atomic E-state index is 0.837. The second kappa shape index (κ2) is 5.07. The Morgan fingerprint density at radius 2 is 2.25 bits per heavy atom. The number of fused-ring (bicyclic) bond motifs is 1. The smallest absolute Gasteiger partial charge is 0.140 e. The first kappa shape index (κ1) is 11.7.